The van der Waals surface area contributed by atoms with Gasteiger partial charge in [-0.05, 0) is 30.0 Å². The van der Waals surface area contributed by atoms with Crippen molar-refractivity contribution in [3.63, 3.8) is 0 Å². The van der Waals surface area contributed by atoms with Crippen molar-refractivity contribution in [2.75, 3.05) is 25.0 Å². The van der Waals surface area contributed by atoms with Crippen LogP contribution in [0.5, 0.6) is 0 Å². The van der Waals surface area contributed by atoms with E-state index in [0.29, 0.717) is 12.1 Å². The highest BCUT2D eigenvalue weighted by Gasteiger charge is 2.13. The fourth-order valence-electron chi connectivity index (χ4n) is 1.87. The molecule has 0 fully saturated rings. The third kappa shape index (κ3) is 2.77. The second kappa shape index (κ2) is 5.19. The van der Waals surface area contributed by atoms with Crippen molar-refractivity contribution in [1.82, 2.24) is 5.32 Å². The molecule has 0 aromatic heterocycles. The number of aliphatic hydroxyl groups is 1. The minimum atomic E-state index is -0.0817. The predicted octanol–water partition coefficient (Wildman–Crippen LogP) is 1.01. The number of hydrogen-bond donors (Lipinski definition) is 3. The van der Waals surface area contributed by atoms with Gasteiger partial charge < -0.3 is 15.7 Å². The SMILES string of the molecule is CC(CO)CNC(=O)c1ccc2c(c1)NCC2. The van der Waals surface area contributed by atoms with Crippen LogP contribution in [0.4, 0.5) is 5.69 Å². The molecule has 1 aromatic carbocycles. The van der Waals surface area contributed by atoms with Crippen molar-refractivity contribution in [2.24, 2.45) is 5.92 Å². The van der Waals surface area contributed by atoms with Crippen LogP contribution in [0.1, 0.15) is 22.8 Å². The fourth-order valence-corrected chi connectivity index (χ4v) is 1.87. The molecule has 1 aromatic rings. The van der Waals surface area contributed by atoms with Gasteiger partial charge in [-0.15, -0.1) is 0 Å². The van der Waals surface area contributed by atoms with Crippen molar-refractivity contribution < 1.29 is 9.90 Å². The highest BCUT2D eigenvalue weighted by Crippen LogP contribution is 2.23. The Bertz CT molecular complexity index is 418. The third-order valence-electron chi connectivity index (χ3n) is 3.00. The molecule has 92 valence electrons. The normalized spacial score (nSPS) is 14.9. The quantitative estimate of drug-likeness (QED) is 0.728. The van der Waals surface area contributed by atoms with E-state index in [0.717, 1.165) is 18.7 Å². The lowest BCUT2D eigenvalue weighted by molar-refractivity contribution is 0.0942. The number of carbonyl (C=O) groups excluding carboxylic acids is 1. The zero-order valence-corrected chi connectivity index (χ0v) is 9.99. The Hall–Kier alpha value is -1.55. The van der Waals surface area contributed by atoms with Crippen LogP contribution in [0, 0.1) is 5.92 Å². The van der Waals surface area contributed by atoms with Crippen LogP contribution in [0.15, 0.2) is 18.2 Å². The lowest BCUT2D eigenvalue weighted by atomic mass is 10.1. The summed E-state index contributed by atoms with van der Waals surface area (Å²) >= 11 is 0. The Labute approximate surface area is 101 Å². The molecule has 2 rings (SSSR count). The topological polar surface area (TPSA) is 61.4 Å². The lowest BCUT2D eigenvalue weighted by Gasteiger charge is -2.10. The summed E-state index contributed by atoms with van der Waals surface area (Å²) in [5, 5.41) is 14.9. The average Bonchev–Trinajstić information content (AvgIpc) is 2.82. The molecule has 1 amide bonds. The fraction of sp³-hybridized carbons (Fsp3) is 0.462. The van der Waals surface area contributed by atoms with E-state index in [1.807, 2.05) is 25.1 Å². The maximum absolute atomic E-state index is 11.8. The van der Waals surface area contributed by atoms with Crippen molar-refractivity contribution in [3.05, 3.63) is 29.3 Å². The van der Waals surface area contributed by atoms with Gasteiger partial charge in [-0.3, -0.25) is 4.79 Å². The average molecular weight is 234 g/mol. The largest absolute Gasteiger partial charge is 0.396 e. The monoisotopic (exact) mass is 234 g/mol. The van der Waals surface area contributed by atoms with Crippen molar-refractivity contribution in [2.45, 2.75) is 13.3 Å². The summed E-state index contributed by atoms with van der Waals surface area (Å²) in [7, 11) is 0. The third-order valence-corrected chi connectivity index (χ3v) is 3.00. The van der Waals surface area contributed by atoms with E-state index in [1.165, 1.54) is 5.56 Å². The summed E-state index contributed by atoms with van der Waals surface area (Å²) in [4.78, 5) is 11.8. The predicted molar refractivity (Wildman–Crippen MR) is 67.2 cm³/mol. The minimum absolute atomic E-state index is 0.0817. The summed E-state index contributed by atoms with van der Waals surface area (Å²) in [5.74, 6) is 0.00769. The number of hydrogen-bond acceptors (Lipinski definition) is 3. The molecule has 17 heavy (non-hydrogen) atoms. The highest BCUT2D eigenvalue weighted by atomic mass is 16.3. The van der Waals surface area contributed by atoms with Crippen LogP contribution in [-0.4, -0.2) is 30.7 Å². The zero-order chi connectivity index (χ0) is 12.3. The molecule has 0 saturated heterocycles. The molecular weight excluding hydrogens is 216 g/mol. The number of aliphatic hydroxyl groups excluding tert-OH is 1. The van der Waals surface area contributed by atoms with E-state index in [1.54, 1.807) is 0 Å². The smallest absolute Gasteiger partial charge is 0.251 e. The number of rotatable bonds is 4. The summed E-state index contributed by atoms with van der Waals surface area (Å²) < 4.78 is 0. The van der Waals surface area contributed by atoms with Gasteiger partial charge in [0.05, 0.1) is 0 Å². The molecule has 4 heteroatoms. The van der Waals surface area contributed by atoms with Gasteiger partial charge in [0.15, 0.2) is 0 Å². The van der Waals surface area contributed by atoms with Gasteiger partial charge in [0.1, 0.15) is 0 Å². The zero-order valence-electron chi connectivity index (χ0n) is 9.99. The molecule has 0 spiro atoms. The number of nitrogens with one attached hydrogen (secondary N) is 2. The molecule has 3 N–H and O–H groups in total. The van der Waals surface area contributed by atoms with Crippen LogP contribution in [0.3, 0.4) is 0 Å². The number of anilines is 1. The van der Waals surface area contributed by atoms with Gasteiger partial charge in [-0.25, -0.2) is 0 Å². The maximum Gasteiger partial charge on any atom is 0.251 e. The van der Waals surface area contributed by atoms with Crippen molar-refractivity contribution in [1.29, 1.82) is 0 Å². The van der Waals surface area contributed by atoms with Gasteiger partial charge in [-0.1, -0.05) is 13.0 Å². The van der Waals surface area contributed by atoms with E-state index < -0.39 is 0 Å². The first-order valence-electron chi connectivity index (χ1n) is 5.96. The number of carbonyl (C=O) groups is 1. The molecule has 1 atom stereocenters. The Morgan fingerprint density at radius 3 is 3.18 bits per heavy atom. The number of fused-ring (bicyclic) bond motifs is 1. The van der Waals surface area contributed by atoms with Crippen molar-refractivity contribution >= 4 is 11.6 Å². The maximum atomic E-state index is 11.8. The first kappa shape index (κ1) is 11.9. The summed E-state index contributed by atoms with van der Waals surface area (Å²) in [6.07, 6.45) is 1.03. The molecule has 0 saturated carbocycles. The Morgan fingerprint density at radius 2 is 2.41 bits per heavy atom. The molecule has 0 radical (unpaired) electrons. The molecule has 0 aliphatic carbocycles. The summed E-state index contributed by atoms with van der Waals surface area (Å²) in [6, 6.07) is 5.74. The Balaban J connectivity index is 2.00. The first-order valence-corrected chi connectivity index (χ1v) is 5.96. The molecule has 1 unspecified atom stereocenters. The van der Waals surface area contributed by atoms with Gasteiger partial charge in [0, 0.05) is 30.9 Å². The van der Waals surface area contributed by atoms with Gasteiger partial charge in [-0.2, -0.15) is 0 Å². The standard InChI is InChI=1S/C13H18N2O2/c1-9(8-16)7-15-13(17)11-3-2-10-4-5-14-12(10)6-11/h2-3,6,9,14,16H,4-5,7-8H2,1H3,(H,15,17). The second-order valence-corrected chi connectivity index (χ2v) is 4.55. The van der Waals surface area contributed by atoms with E-state index in [4.69, 9.17) is 5.11 Å². The van der Waals surface area contributed by atoms with Crippen LogP contribution in [0.2, 0.25) is 0 Å². The van der Waals surface area contributed by atoms with Gasteiger partial charge in [0.25, 0.3) is 5.91 Å². The lowest BCUT2D eigenvalue weighted by Crippen LogP contribution is -2.29. The highest BCUT2D eigenvalue weighted by molar-refractivity contribution is 5.95. The van der Waals surface area contributed by atoms with Crippen molar-refractivity contribution in [3.8, 4) is 0 Å². The van der Waals surface area contributed by atoms with E-state index in [9.17, 15) is 4.79 Å². The number of benzene rings is 1. The first-order chi connectivity index (χ1) is 8.20. The second-order valence-electron chi connectivity index (χ2n) is 4.55. The molecule has 1 aliphatic heterocycles. The van der Waals surface area contributed by atoms with E-state index in [2.05, 4.69) is 10.6 Å². The molecule has 1 heterocycles. The van der Waals surface area contributed by atoms with Crippen LogP contribution < -0.4 is 10.6 Å². The Morgan fingerprint density at radius 1 is 1.59 bits per heavy atom. The molecule has 0 bridgehead atoms. The molecule has 1 aliphatic rings. The summed E-state index contributed by atoms with van der Waals surface area (Å²) in [6.45, 7) is 3.43. The van der Waals surface area contributed by atoms with Crippen LogP contribution >= 0.6 is 0 Å². The van der Waals surface area contributed by atoms with Crippen LogP contribution in [0.25, 0.3) is 0 Å². The molecular formula is C13H18N2O2. The summed E-state index contributed by atoms with van der Waals surface area (Å²) in [5.41, 5.74) is 3.00. The molecule has 4 nitrogen and oxygen atoms in total. The van der Waals surface area contributed by atoms with E-state index >= 15 is 0 Å². The number of amides is 1. The minimum Gasteiger partial charge on any atom is -0.396 e. The Kier molecular flexibility index (Phi) is 3.64. The van der Waals surface area contributed by atoms with Gasteiger partial charge in [0.2, 0.25) is 0 Å². The van der Waals surface area contributed by atoms with E-state index in [-0.39, 0.29) is 18.4 Å². The van der Waals surface area contributed by atoms with Crippen LogP contribution in [-0.2, 0) is 6.42 Å². The van der Waals surface area contributed by atoms with Gasteiger partial charge >= 0.3 is 0 Å².